The summed E-state index contributed by atoms with van der Waals surface area (Å²) >= 11 is 0. The second-order valence-electron chi connectivity index (χ2n) is 4.29. The number of carbonyl (C=O) groups is 1. The maximum atomic E-state index is 11.4. The van der Waals surface area contributed by atoms with Gasteiger partial charge in [-0.25, -0.2) is 0 Å². The van der Waals surface area contributed by atoms with Crippen molar-refractivity contribution in [2.75, 3.05) is 32.8 Å². The predicted molar refractivity (Wildman–Crippen MR) is 61.2 cm³/mol. The smallest absolute Gasteiger partial charge is 0.222 e. The highest BCUT2D eigenvalue weighted by atomic mass is 16.5. The minimum atomic E-state index is -0.764. The molecule has 1 rings (SSSR count). The lowest BCUT2D eigenvalue weighted by Gasteiger charge is -2.21. The van der Waals surface area contributed by atoms with E-state index in [9.17, 15) is 9.90 Å². The number of β-amino-alcohol motifs (C(OH)–C–C–N with tert-alkyl or cyclic N) is 1. The van der Waals surface area contributed by atoms with Crippen LogP contribution in [-0.2, 0) is 9.53 Å². The lowest BCUT2D eigenvalue weighted by molar-refractivity contribution is -0.123. The van der Waals surface area contributed by atoms with Gasteiger partial charge in [-0.2, -0.15) is 0 Å². The Labute approximate surface area is 96.6 Å². The molecule has 5 nitrogen and oxygen atoms in total. The van der Waals surface area contributed by atoms with Gasteiger partial charge in [0, 0.05) is 26.1 Å². The zero-order valence-corrected chi connectivity index (χ0v) is 9.92. The van der Waals surface area contributed by atoms with E-state index in [0.29, 0.717) is 39.1 Å². The predicted octanol–water partition coefficient (Wildman–Crippen LogP) is -0.356. The van der Waals surface area contributed by atoms with Crippen LogP contribution in [0, 0.1) is 0 Å². The van der Waals surface area contributed by atoms with Crippen LogP contribution < -0.4 is 10.6 Å². The van der Waals surface area contributed by atoms with Crippen LogP contribution in [0.1, 0.15) is 26.2 Å². The average molecular weight is 230 g/mol. The van der Waals surface area contributed by atoms with Gasteiger partial charge < -0.3 is 20.5 Å². The Hall–Kier alpha value is -0.650. The van der Waals surface area contributed by atoms with Gasteiger partial charge in [-0.1, -0.05) is 6.92 Å². The van der Waals surface area contributed by atoms with Gasteiger partial charge in [0.15, 0.2) is 0 Å². The van der Waals surface area contributed by atoms with Crippen molar-refractivity contribution >= 4 is 5.91 Å². The van der Waals surface area contributed by atoms with Gasteiger partial charge in [-0.15, -0.1) is 0 Å². The minimum absolute atomic E-state index is 0.0589. The highest BCUT2D eigenvalue weighted by Gasteiger charge is 2.30. The van der Waals surface area contributed by atoms with Crippen molar-refractivity contribution < 1.29 is 14.6 Å². The van der Waals surface area contributed by atoms with E-state index in [1.54, 1.807) is 0 Å². The minimum Gasteiger partial charge on any atom is -0.387 e. The van der Waals surface area contributed by atoms with Gasteiger partial charge in [0.1, 0.15) is 0 Å². The molecule has 0 bridgehead atoms. The lowest BCUT2D eigenvalue weighted by Crippen LogP contribution is -2.44. The maximum Gasteiger partial charge on any atom is 0.222 e. The number of aliphatic hydroxyl groups is 1. The SMILES string of the molecule is CCCOCCC(=O)NCC1(O)CCNC1. The molecule has 94 valence electrons. The second-order valence-corrected chi connectivity index (χ2v) is 4.29. The van der Waals surface area contributed by atoms with E-state index in [2.05, 4.69) is 10.6 Å². The number of rotatable bonds is 7. The van der Waals surface area contributed by atoms with E-state index in [-0.39, 0.29) is 5.91 Å². The molecule has 1 atom stereocenters. The van der Waals surface area contributed by atoms with E-state index < -0.39 is 5.60 Å². The first-order valence-electron chi connectivity index (χ1n) is 5.94. The van der Waals surface area contributed by atoms with Gasteiger partial charge in [-0.05, 0) is 19.4 Å². The molecule has 1 unspecified atom stereocenters. The fraction of sp³-hybridized carbons (Fsp3) is 0.909. The van der Waals surface area contributed by atoms with Crippen molar-refractivity contribution in [2.24, 2.45) is 0 Å². The largest absolute Gasteiger partial charge is 0.387 e. The Balaban J connectivity index is 2.05. The molecule has 3 N–H and O–H groups in total. The molecule has 0 aromatic carbocycles. The molecule has 0 aromatic heterocycles. The molecule has 0 saturated carbocycles. The van der Waals surface area contributed by atoms with E-state index in [1.165, 1.54) is 0 Å². The van der Waals surface area contributed by atoms with Crippen LogP contribution >= 0.6 is 0 Å². The molecular formula is C11H22N2O3. The Morgan fingerprint density at radius 3 is 3.00 bits per heavy atom. The summed E-state index contributed by atoms with van der Waals surface area (Å²) in [6.07, 6.45) is 2.02. The van der Waals surface area contributed by atoms with Crippen LogP contribution in [0.25, 0.3) is 0 Å². The first-order valence-corrected chi connectivity index (χ1v) is 5.94. The van der Waals surface area contributed by atoms with Gasteiger partial charge in [-0.3, -0.25) is 4.79 Å². The average Bonchev–Trinajstić information content (AvgIpc) is 2.70. The summed E-state index contributed by atoms with van der Waals surface area (Å²) in [5, 5.41) is 15.7. The van der Waals surface area contributed by atoms with Crippen LogP contribution in [0.5, 0.6) is 0 Å². The Bertz CT molecular complexity index is 215. The van der Waals surface area contributed by atoms with Crippen LogP contribution in [0.15, 0.2) is 0 Å². The third-order valence-electron chi connectivity index (χ3n) is 2.66. The normalized spacial score (nSPS) is 24.6. The third-order valence-corrected chi connectivity index (χ3v) is 2.66. The fourth-order valence-corrected chi connectivity index (χ4v) is 1.64. The third kappa shape index (κ3) is 4.92. The van der Waals surface area contributed by atoms with Crippen molar-refractivity contribution in [1.82, 2.24) is 10.6 Å². The molecule has 5 heteroatoms. The topological polar surface area (TPSA) is 70.6 Å². The van der Waals surface area contributed by atoms with E-state index in [0.717, 1.165) is 13.0 Å². The first kappa shape index (κ1) is 13.4. The molecule has 1 saturated heterocycles. The first-order chi connectivity index (χ1) is 7.66. The summed E-state index contributed by atoms with van der Waals surface area (Å²) < 4.78 is 5.21. The molecule has 1 fully saturated rings. The molecule has 0 spiro atoms. The van der Waals surface area contributed by atoms with Crippen LogP contribution in [0.3, 0.4) is 0 Å². The summed E-state index contributed by atoms with van der Waals surface area (Å²) in [6, 6.07) is 0. The van der Waals surface area contributed by atoms with Gasteiger partial charge in [0.2, 0.25) is 5.91 Å². The highest BCUT2D eigenvalue weighted by molar-refractivity contribution is 5.76. The fourth-order valence-electron chi connectivity index (χ4n) is 1.64. The zero-order valence-electron chi connectivity index (χ0n) is 9.92. The number of amides is 1. The number of hydrogen-bond acceptors (Lipinski definition) is 4. The number of carbonyl (C=O) groups excluding carboxylic acids is 1. The molecular weight excluding hydrogens is 208 g/mol. The Morgan fingerprint density at radius 2 is 2.38 bits per heavy atom. The molecule has 1 heterocycles. The highest BCUT2D eigenvalue weighted by Crippen LogP contribution is 2.12. The molecule has 0 radical (unpaired) electrons. The molecule has 0 aromatic rings. The van der Waals surface area contributed by atoms with Crippen LogP contribution in [0.2, 0.25) is 0 Å². The lowest BCUT2D eigenvalue weighted by atomic mass is 10.0. The van der Waals surface area contributed by atoms with Crippen LogP contribution in [-0.4, -0.2) is 49.5 Å². The van der Waals surface area contributed by atoms with Crippen molar-refractivity contribution in [1.29, 1.82) is 0 Å². The van der Waals surface area contributed by atoms with E-state index in [1.807, 2.05) is 6.92 Å². The quantitative estimate of drug-likeness (QED) is 0.523. The van der Waals surface area contributed by atoms with Gasteiger partial charge >= 0.3 is 0 Å². The summed E-state index contributed by atoms with van der Waals surface area (Å²) in [5.74, 6) is -0.0589. The molecule has 1 aliphatic heterocycles. The van der Waals surface area contributed by atoms with Crippen molar-refractivity contribution in [2.45, 2.75) is 31.8 Å². The summed E-state index contributed by atoms with van der Waals surface area (Å²) in [4.78, 5) is 11.4. The summed E-state index contributed by atoms with van der Waals surface area (Å²) in [5.41, 5.74) is -0.764. The standard InChI is InChI=1S/C11H22N2O3/c1-2-6-16-7-3-10(14)13-9-11(15)4-5-12-8-11/h12,15H,2-9H2,1H3,(H,13,14). The Morgan fingerprint density at radius 1 is 1.56 bits per heavy atom. The van der Waals surface area contributed by atoms with Gasteiger partial charge in [0.05, 0.1) is 12.2 Å². The number of ether oxygens (including phenoxy) is 1. The maximum absolute atomic E-state index is 11.4. The summed E-state index contributed by atoms with van der Waals surface area (Å²) in [6.45, 7) is 4.87. The monoisotopic (exact) mass is 230 g/mol. The number of hydrogen-bond donors (Lipinski definition) is 3. The molecule has 1 aliphatic rings. The zero-order chi connectivity index (χ0) is 11.9. The van der Waals surface area contributed by atoms with Crippen molar-refractivity contribution in [3.05, 3.63) is 0 Å². The molecule has 16 heavy (non-hydrogen) atoms. The number of nitrogens with one attached hydrogen (secondary N) is 2. The van der Waals surface area contributed by atoms with Crippen LogP contribution in [0.4, 0.5) is 0 Å². The summed E-state index contributed by atoms with van der Waals surface area (Å²) in [7, 11) is 0. The molecule has 0 aliphatic carbocycles. The van der Waals surface area contributed by atoms with Crippen molar-refractivity contribution in [3.63, 3.8) is 0 Å². The van der Waals surface area contributed by atoms with Crippen molar-refractivity contribution in [3.8, 4) is 0 Å². The molecule has 1 amide bonds. The Kier molecular flexibility index (Phi) is 5.73. The van der Waals surface area contributed by atoms with E-state index >= 15 is 0 Å². The van der Waals surface area contributed by atoms with E-state index in [4.69, 9.17) is 4.74 Å². The second kappa shape index (κ2) is 6.83. The van der Waals surface area contributed by atoms with Gasteiger partial charge in [0.25, 0.3) is 0 Å².